The van der Waals surface area contributed by atoms with Gasteiger partial charge in [0.25, 0.3) is 40.5 Å². The van der Waals surface area contributed by atoms with Gasteiger partial charge in [-0.1, -0.05) is 24.3 Å². The summed E-state index contributed by atoms with van der Waals surface area (Å²) in [6.07, 6.45) is 1.86. The first-order valence-corrected chi connectivity index (χ1v) is 27.4. The molecule has 6 aromatic rings. The van der Waals surface area contributed by atoms with Gasteiger partial charge < -0.3 is 40.9 Å². The molecule has 408 valence electrons. The van der Waals surface area contributed by atoms with Gasteiger partial charge in [-0.05, 0) is 83.9 Å². The van der Waals surface area contributed by atoms with E-state index in [0.29, 0.717) is 0 Å². The average Bonchev–Trinajstić information content (AvgIpc) is 3.33. The Hall–Kier alpha value is -4.06. The van der Waals surface area contributed by atoms with Crippen molar-refractivity contribution in [1.82, 2.24) is 29.9 Å². The van der Waals surface area contributed by atoms with E-state index in [4.69, 9.17) is 10.8 Å². The Bertz CT molecular complexity index is 3560. The van der Waals surface area contributed by atoms with Crippen LogP contribution in [0.1, 0.15) is 24.0 Å². The van der Waals surface area contributed by atoms with Gasteiger partial charge in [-0.2, -0.15) is 53.6 Å². The molecule has 0 fully saturated rings. The minimum Gasteiger partial charge on any atom is -0.497 e. The van der Waals surface area contributed by atoms with E-state index < -0.39 is 85.1 Å². The molecule has 2 heterocycles. The van der Waals surface area contributed by atoms with E-state index >= 15 is 0 Å². The number of hydrogen-bond donors (Lipinski definition) is 14. The molecule has 0 saturated heterocycles. The minimum atomic E-state index is -5.08. The second-order valence-electron chi connectivity index (χ2n) is 15.7. The Balaban J connectivity index is 0.00000547. The standard InChI is InChI=1S/C42H46N14O16S4.4Na/c43-35(59)15-17-55(19-21-57)41-51-37(45-27-7-11-31(12-8-27)73(61,62)63)49-39(53-41)47-29-5-3-25(33(23-29)75(67,68)69)1-2-26-4-6-30(24-34(26)76(70,71)72)48-40-50-38(46-28-9-13-32(14-10-28)74(64,65)66)52-42(54-40)56(20-22-58)18-16-36(44)60;;;;/h1-14,23-24,57-58H,15-22H2,(H2,43,59)(H2,44,60)(H,61,62,63)(H,64,65,66)(H,67,68,69)(H,70,71,72)(H2,45,47,49,51,53)(H2,46,48,50,52,54);;;;. The van der Waals surface area contributed by atoms with E-state index in [2.05, 4.69) is 50.5 Å². The molecule has 0 unspecified atom stereocenters. The number of hydrogen-bond acceptors (Lipinski definition) is 22. The van der Waals surface area contributed by atoms with Gasteiger partial charge >= 0.3 is 0 Å². The van der Waals surface area contributed by atoms with Crippen molar-refractivity contribution in [2.24, 2.45) is 9.98 Å². The van der Waals surface area contributed by atoms with Gasteiger partial charge in [0.05, 0.1) is 34.4 Å². The normalized spacial score (nSPS) is 12.1. The first-order valence-electron chi connectivity index (χ1n) is 21.6. The predicted molar refractivity (Wildman–Crippen MR) is 295 cm³/mol. The first-order chi connectivity index (χ1) is 35.7. The zero-order chi connectivity index (χ0) is 55.6. The summed E-state index contributed by atoms with van der Waals surface area (Å²) >= 11 is 0. The monoisotopic (exact) mass is 1220 g/mol. The molecule has 0 aliphatic heterocycles. The summed E-state index contributed by atoms with van der Waals surface area (Å²) < 4.78 is 137. The van der Waals surface area contributed by atoms with Crippen molar-refractivity contribution in [2.45, 2.75) is 32.4 Å². The molecule has 0 amide bonds. The summed E-state index contributed by atoms with van der Waals surface area (Å²) in [6, 6.07) is 16.3. The molecule has 0 bridgehead atoms. The molecule has 14 N–H and O–H groups in total. The average molecular weight is 1220 g/mol. The Kier molecular flexibility index (Phi) is 28.4. The molecule has 0 aliphatic carbocycles. The van der Waals surface area contributed by atoms with Gasteiger partial charge in [0.15, 0.2) is 11.8 Å². The van der Waals surface area contributed by atoms with Crippen LogP contribution in [0.15, 0.2) is 114 Å². The molecule has 6 rings (SSSR count). The Labute approximate surface area is 545 Å². The summed E-state index contributed by atoms with van der Waals surface area (Å²) in [7, 11) is -19.2. The quantitative estimate of drug-likeness (QED) is 0.0132. The second-order valence-corrected chi connectivity index (χ2v) is 21.3. The Morgan fingerprint density at radius 2 is 0.850 bits per heavy atom. The maximum atomic E-state index is 12.8. The molecule has 0 aliphatic rings. The molecule has 0 atom stereocenters. The summed E-state index contributed by atoms with van der Waals surface area (Å²) in [5.41, 5.74) is -0.786. The topological polar surface area (TPSA) is 485 Å². The summed E-state index contributed by atoms with van der Waals surface area (Å²) in [6.45, 7) is -1.10. The summed E-state index contributed by atoms with van der Waals surface area (Å²) in [4.78, 5) is 32.1. The zero-order valence-corrected chi connectivity index (χ0v) is 54.2. The number of aliphatic hydroxyl groups is 4. The molecule has 2 aromatic heterocycles. The van der Waals surface area contributed by atoms with Crippen LogP contribution in [0.2, 0.25) is 0 Å². The van der Waals surface area contributed by atoms with Gasteiger partial charge in [-0.3, -0.25) is 39.0 Å². The summed E-state index contributed by atoms with van der Waals surface area (Å²) in [5.74, 6) is -1.80. The molecule has 30 nitrogen and oxygen atoms in total. The van der Waals surface area contributed by atoms with Gasteiger partial charge in [-0.25, -0.2) is 9.98 Å². The number of nitrogens with one attached hydrogen (secondary N) is 6. The summed E-state index contributed by atoms with van der Waals surface area (Å²) in [5, 5.41) is 59.2. The van der Waals surface area contributed by atoms with Crippen molar-refractivity contribution in [2.75, 3.05) is 59.8 Å². The number of rotatable bonds is 24. The number of aliphatic hydroxyl groups excluding tert-OH is 4. The van der Waals surface area contributed by atoms with E-state index in [0.717, 1.165) is 48.6 Å². The van der Waals surface area contributed by atoms with Crippen molar-refractivity contribution in [3.63, 3.8) is 0 Å². The molecule has 0 spiro atoms. The van der Waals surface area contributed by atoms with Crippen LogP contribution in [0.25, 0.3) is 12.2 Å². The fourth-order valence-corrected chi connectivity index (χ4v) is 9.03. The maximum Gasteiger partial charge on any atom is 0.295 e. The van der Waals surface area contributed by atoms with Crippen LogP contribution >= 0.6 is 0 Å². The Morgan fingerprint density at radius 3 is 1.14 bits per heavy atom. The van der Waals surface area contributed by atoms with Crippen LogP contribution in [0, 0.1) is 10.8 Å². The fraction of sp³-hybridized carbons (Fsp3) is 0.190. The van der Waals surface area contributed by atoms with Crippen LogP contribution in [-0.4, -0.2) is 272 Å². The third-order valence-electron chi connectivity index (χ3n) is 10.1. The van der Waals surface area contributed by atoms with Crippen molar-refractivity contribution >= 4 is 229 Å². The van der Waals surface area contributed by atoms with Gasteiger partial charge in [0, 0.05) is 169 Å². The number of aromatic amines is 2. The van der Waals surface area contributed by atoms with Crippen molar-refractivity contribution in [3.8, 4) is 0 Å². The van der Waals surface area contributed by atoms with Crippen molar-refractivity contribution in [3.05, 3.63) is 107 Å². The molecule has 80 heavy (non-hydrogen) atoms. The van der Waals surface area contributed by atoms with E-state index in [1.54, 1.807) is 0 Å². The molecule has 38 heteroatoms. The molecular weight excluding hydrogens is 1180 g/mol. The molecule has 0 saturated carbocycles. The van der Waals surface area contributed by atoms with Gasteiger partial charge in [0.2, 0.25) is 35.0 Å². The largest absolute Gasteiger partial charge is 0.497 e. The van der Waals surface area contributed by atoms with Crippen LogP contribution < -0.4 is 31.7 Å². The maximum absolute atomic E-state index is 12.8. The van der Waals surface area contributed by atoms with Crippen molar-refractivity contribution < 1.29 is 72.3 Å². The van der Waals surface area contributed by atoms with Gasteiger partial charge in [0.1, 0.15) is 9.79 Å². The molecule has 4 aromatic carbocycles. The van der Waals surface area contributed by atoms with E-state index in [1.807, 2.05) is 0 Å². The third-order valence-corrected chi connectivity index (χ3v) is 13.7. The predicted octanol–water partition coefficient (Wildman–Crippen LogP) is 0.957. The molecule has 4 radical (unpaired) electrons. The second kappa shape index (κ2) is 31.6. The third kappa shape index (κ3) is 21.6. The fourth-order valence-electron chi connectivity index (χ4n) is 6.66. The zero-order valence-electron chi connectivity index (χ0n) is 42.9. The number of H-pyrrole nitrogens is 2. The number of nitrogens with zero attached hydrogens (tertiary/aromatic N) is 8. The number of aromatic nitrogens is 6. The Morgan fingerprint density at radius 1 is 0.512 bits per heavy atom. The molecular formula is C42H46N14Na4O16S4. The van der Waals surface area contributed by atoms with Crippen molar-refractivity contribution in [1.29, 1.82) is 10.8 Å². The van der Waals surface area contributed by atoms with Crippen LogP contribution in [0.4, 0.5) is 46.5 Å². The van der Waals surface area contributed by atoms with E-state index in [1.165, 1.54) is 58.3 Å². The van der Waals surface area contributed by atoms with Crippen LogP contribution in [0.5, 0.6) is 0 Å². The number of anilines is 6. The van der Waals surface area contributed by atoms with Crippen LogP contribution in [0.3, 0.4) is 0 Å². The van der Waals surface area contributed by atoms with Gasteiger partial charge in [-0.15, -0.1) is 0 Å². The minimum absolute atomic E-state index is 0. The van der Waals surface area contributed by atoms with E-state index in [9.17, 15) is 72.3 Å². The first kappa shape index (κ1) is 72.0. The number of benzene rings is 4. The SMILES string of the molecule is N=C(O)CCN(CCO)c1nc(Nc2ccc(S(=O)(=O)O)cc2)nc(=Nc2ccc(C=Cc3ccc(N=c4nc(Nc5ccc(S(=O)(=O)O)cc5)nc(N(CCO)CCC(=N)O)[nH]4)cc3S(=O)(=O)O)c(S(=O)(=O)O)c2)[nH]1.[Na].[Na].[Na].[Na]. The van der Waals surface area contributed by atoms with Crippen LogP contribution in [-0.2, 0) is 40.5 Å². The van der Waals surface area contributed by atoms with E-state index in [-0.39, 0.29) is 226 Å². The smallest absolute Gasteiger partial charge is 0.295 e.